The first-order valence-electron chi connectivity index (χ1n) is 9.08. The van der Waals surface area contributed by atoms with Gasteiger partial charge in [0.2, 0.25) is 15.9 Å². The molecule has 0 unspecified atom stereocenters. The quantitative estimate of drug-likeness (QED) is 0.680. The SMILES string of the molecule is CC[C@@H]1CCCCN1C(=O)CSc1nc2cc(S(=O)(=O)N(C)C)ccc2o1. The summed E-state index contributed by atoms with van der Waals surface area (Å²) in [6.45, 7) is 2.93. The minimum atomic E-state index is -3.52. The first-order valence-corrected chi connectivity index (χ1v) is 11.5. The Labute approximate surface area is 164 Å². The van der Waals surface area contributed by atoms with Crippen molar-refractivity contribution < 1.29 is 17.6 Å². The summed E-state index contributed by atoms with van der Waals surface area (Å²) in [7, 11) is -0.553. The number of hydrogen-bond donors (Lipinski definition) is 0. The Morgan fingerprint density at radius 2 is 2.15 bits per heavy atom. The molecular weight excluding hydrogens is 386 g/mol. The number of carbonyl (C=O) groups is 1. The smallest absolute Gasteiger partial charge is 0.257 e. The second kappa shape index (κ2) is 8.20. The van der Waals surface area contributed by atoms with Crippen molar-refractivity contribution in [3.05, 3.63) is 18.2 Å². The highest BCUT2D eigenvalue weighted by atomic mass is 32.2. The summed E-state index contributed by atoms with van der Waals surface area (Å²) < 4.78 is 31.3. The zero-order valence-electron chi connectivity index (χ0n) is 15.8. The topological polar surface area (TPSA) is 83.7 Å². The molecule has 0 spiro atoms. The largest absolute Gasteiger partial charge is 0.431 e. The monoisotopic (exact) mass is 411 g/mol. The number of sulfonamides is 1. The third-order valence-electron chi connectivity index (χ3n) is 4.86. The molecule has 1 fully saturated rings. The molecule has 1 aromatic heterocycles. The lowest BCUT2D eigenvalue weighted by Crippen LogP contribution is -2.44. The minimum Gasteiger partial charge on any atom is -0.431 e. The van der Waals surface area contributed by atoms with E-state index in [-0.39, 0.29) is 16.6 Å². The fourth-order valence-corrected chi connectivity index (χ4v) is 4.93. The molecule has 0 radical (unpaired) electrons. The first kappa shape index (κ1) is 20.2. The lowest BCUT2D eigenvalue weighted by molar-refractivity contribution is -0.132. The van der Waals surface area contributed by atoms with Gasteiger partial charge in [-0.25, -0.2) is 17.7 Å². The van der Waals surface area contributed by atoms with Crippen molar-refractivity contribution in [2.45, 2.75) is 48.8 Å². The summed E-state index contributed by atoms with van der Waals surface area (Å²) in [6.07, 6.45) is 4.28. The van der Waals surface area contributed by atoms with Crippen molar-refractivity contribution in [3.63, 3.8) is 0 Å². The van der Waals surface area contributed by atoms with E-state index < -0.39 is 10.0 Å². The van der Waals surface area contributed by atoms with E-state index in [4.69, 9.17) is 4.42 Å². The molecule has 1 amide bonds. The summed E-state index contributed by atoms with van der Waals surface area (Å²) in [5.74, 6) is 0.372. The fourth-order valence-electron chi connectivity index (χ4n) is 3.28. The molecule has 1 aliphatic heterocycles. The van der Waals surface area contributed by atoms with Crippen LogP contribution in [0.25, 0.3) is 11.1 Å². The molecule has 9 heteroatoms. The molecule has 2 heterocycles. The Bertz CT molecular complexity index is 924. The van der Waals surface area contributed by atoms with Crippen LogP contribution in [0.2, 0.25) is 0 Å². The van der Waals surface area contributed by atoms with Crippen LogP contribution >= 0.6 is 11.8 Å². The molecule has 148 valence electrons. The van der Waals surface area contributed by atoms with Crippen molar-refractivity contribution in [2.24, 2.45) is 0 Å². The number of benzene rings is 1. The molecule has 27 heavy (non-hydrogen) atoms. The Kier molecular flexibility index (Phi) is 6.12. The van der Waals surface area contributed by atoms with Gasteiger partial charge in [0.15, 0.2) is 5.58 Å². The van der Waals surface area contributed by atoms with E-state index in [0.717, 1.165) is 30.1 Å². The fraction of sp³-hybridized carbons (Fsp3) is 0.556. The van der Waals surface area contributed by atoms with E-state index in [2.05, 4.69) is 11.9 Å². The number of hydrogen-bond acceptors (Lipinski definition) is 6. The number of rotatable bonds is 6. The van der Waals surface area contributed by atoms with Crippen molar-refractivity contribution in [3.8, 4) is 0 Å². The highest BCUT2D eigenvalue weighted by Crippen LogP contribution is 2.27. The summed E-state index contributed by atoms with van der Waals surface area (Å²) in [5.41, 5.74) is 0.976. The highest BCUT2D eigenvalue weighted by Gasteiger charge is 2.25. The van der Waals surface area contributed by atoms with Gasteiger partial charge in [-0.15, -0.1) is 0 Å². The van der Waals surface area contributed by atoms with E-state index in [9.17, 15) is 13.2 Å². The Hall–Kier alpha value is -1.58. The number of thioether (sulfide) groups is 1. The number of amides is 1. The molecule has 3 rings (SSSR count). The van der Waals surface area contributed by atoms with E-state index >= 15 is 0 Å². The molecule has 1 aromatic carbocycles. The summed E-state index contributed by atoms with van der Waals surface area (Å²) in [5, 5.41) is 0.378. The average molecular weight is 412 g/mol. The molecule has 0 saturated carbocycles. The van der Waals surface area contributed by atoms with Gasteiger partial charge in [0.1, 0.15) is 5.52 Å². The second-order valence-electron chi connectivity index (χ2n) is 6.83. The maximum absolute atomic E-state index is 12.6. The number of oxazole rings is 1. The molecule has 1 aliphatic rings. The summed E-state index contributed by atoms with van der Waals surface area (Å²) >= 11 is 1.25. The van der Waals surface area contributed by atoms with Gasteiger partial charge in [-0.05, 0) is 43.9 Å². The van der Waals surface area contributed by atoms with Crippen LogP contribution in [-0.4, -0.2) is 60.9 Å². The van der Waals surface area contributed by atoms with Gasteiger partial charge in [-0.3, -0.25) is 4.79 Å². The molecule has 0 N–H and O–H groups in total. The summed E-state index contributed by atoms with van der Waals surface area (Å²) in [4.78, 5) is 19.1. The van der Waals surface area contributed by atoms with E-state index in [1.165, 1.54) is 44.4 Å². The summed E-state index contributed by atoms with van der Waals surface area (Å²) in [6, 6.07) is 4.93. The third kappa shape index (κ3) is 4.30. The van der Waals surface area contributed by atoms with Crippen molar-refractivity contribution in [1.29, 1.82) is 0 Å². The number of piperidine rings is 1. The van der Waals surface area contributed by atoms with Crippen LogP contribution < -0.4 is 0 Å². The van der Waals surface area contributed by atoms with Gasteiger partial charge < -0.3 is 9.32 Å². The Morgan fingerprint density at radius 1 is 1.37 bits per heavy atom. The van der Waals surface area contributed by atoms with Crippen LogP contribution in [-0.2, 0) is 14.8 Å². The van der Waals surface area contributed by atoms with E-state index in [0.29, 0.717) is 22.4 Å². The Balaban J connectivity index is 1.71. The van der Waals surface area contributed by atoms with E-state index in [1.807, 2.05) is 4.90 Å². The van der Waals surface area contributed by atoms with E-state index in [1.54, 1.807) is 6.07 Å². The predicted molar refractivity (Wildman–Crippen MR) is 105 cm³/mol. The molecule has 1 saturated heterocycles. The standard InChI is InChI=1S/C18H25N3O4S2/c1-4-13-7-5-6-10-21(13)17(22)12-26-18-19-15-11-14(8-9-16(15)25-18)27(23,24)20(2)3/h8-9,11,13H,4-7,10,12H2,1-3H3/t13-/m1/s1. The zero-order valence-corrected chi connectivity index (χ0v) is 17.5. The van der Waals surface area contributed by atoms with Crippen LogP contribution in [0.15, 0.2) is 32.7 Å². The number of fused-ring (bicyclic) bond motifs is 1. The van der Waals surface area contributed by atoms with Gasteiger partial charge in [0.25, 0.3) is 5.22 Å². The van der Waals surface area contributed by atoms with Crippen LogP contribution in [0, 0.1) is 0 Å². The predicted octanol–water partition coefficient (Wildman–Crippen LogP) is 2.96. The van der Waals surface area contributed by atoms with Gasteiger partial charge in [0.05, 0.1) is 10.6 Å². The second-order valence-corrected chi connectivity index (χ2v) is 9.91. The van der Waals surface area contributed by atoms with Gasteiger partial charge in [-0.2, -0.15) is 0 Å². The van der Waals surface area contributed by atoms with Crippen LogP contribution in [0.5, 0.6) is 0 Å². The molecule has 2 aromatic rings. The normalized spacial score (nSPS) is 18.4. The maximum atomic E-state index is 12.6. The third-order valence-corrected chi connectivity index (χ3v) is 7.48. The lowest BCUT2D eigenvalue weighted by Gasteiger charge is -2.35. The number of carbonyl (C=O) groups excluding carboxylic acids is 1. The van der Waals surface area contributed by atoms with Crippen molar-refractivity contribution >= 4 is 38.8 Å². The van der Waals surface area contributed by atoms with Gasteiger partial charge in [-0.1, -0.05) is 18.7 Å². The minimum absolute atomic E-state index is 0.102. The Morgan fingerprint density at radius 3 is 2.85 bits per heavy atom. The van der Waals surface area contributed by atoms with Crippen LogP contribution in [0.4, 0.5) is 0 Å². The number of aromatic nitrogens is 1. The number of nitrogens with zero attached hydrogens (tertiary/aromatic N) is 3. The van der Waals surface area contributed by atoms with Crippen molar-refractivity contribution in [2.75, 3.05) is 26.4 Å². The maximum Gasteiger partial charge on any atom is 0.257 e. The molecule has 0 bridgehead atoms. The number of likely N-dealkylation sites (tertiary alicyclic amines) is 1. The molecular formula is C18H25N3O4S2. The molecule has 1 atom stereocenters. The van der Waals surface area contributed by atoms with Crippen LogP contribution in [0.3, 0.4) is 0 Å². The van der Waals surface area contributed by atoms with Gasteiger partial charge in [0, 0.05) is 26.7 Å². The van der Waals surface area contributed by atoms with Crippen LogP contribution in [0.1, 0.15) is 32.6 Å². The zero-order chi connectivity index (χ0) is 19.6. The van der Waals surface area contributed by atoms with Crippen molar-refractivity contribution in [1.82, 2.24) is 14.2 Å². The lowest BCUT2D eigenvalue weighted by atomic mass is 10.0. The highest BCUT2D eigenvalue weighted by molar-refractivity contribution is 7.99. The molecule has 7 nitrogen and oxygen atoms in total. The first-order chi connectivity index (χ1) is 12.8. The average Bonchev–Trinajstić information content (AvgIpc) is 3.08. The molecule has 0 aliphatic carbocycles. The van der Waals surface area contributed by atoms with Gasteiger partial charge >= 0.3 is 0 Å².